The molecule has 0 aromatic heterocycles. The molecule has 0 heterocycles. The molecule has 1 amide bonds. The quantitative estimate of drug-likeness (QED) is 0.573. The summed E-state index contributed by atoms with van der Waals surface area (Å²) in [4.78, 5) is 22.2. The van der Waals surface area contributed by atoms with Crippen LogP contribution >= 0.6 is 0 Å². The fourth-order valence-corrected chi connectivity index (χ4v) is 3.21. The first-order valence-electron chi connectivity index (χ1n) is 7.92. The highest BCUT2D eigenvalue weighted by molar-refractivity contribution is 6.83. The van der Waals surface area contributed by atoms with E-state index in [1.54, 1.807) is 6.07 Å². The molecule has 0 unspecified atom stereocenters. The molecular formula is C17H29NO2Si. The maximum Gasteiger partial charge on any atom is 0.251 e. The second kappa shape index (κ2) is 8.34. The van der Waals surface area contributed by atoms with Crippen LogP contribution in [0.4, 0.5) is 0 Å². The van der Waals surface area contributed by atoms with Crippen molar-refractivity contribution < 1.29 is 9.59 Å². The molecule has 4 heteroatoms. The number of amides is 1. The molecule has 118 valence electrons. The van der Waals surface area contributed by atoms with E-state index in [9.17, 15) is 9.59 Å². The Labute approximate surface area is 129 Å². The molecule has 0 radical (unpaired) electrons. The number of hydrogen-bond donors (Lipinski definition) is 2. The normalized spacial score (nSPS) is 11.7. The Morgan fingerprint density at radius 1 is 1.24 bits per heavy atom. The van der Waals surface area contributed by atoms with Crippen molar-refractivity contribution >= 4 is 19.4 Å². The molecule has 1 aromatic rings. The van der Waals surface area contributed by atoms with Gasteiger partial charge >= 0.3 is 0 Å². The zero-order valence-corrected chi connectivity index (χ0v) is 14.8. The SMILES string of the molecule is CC(C)CCCCCNC(=O)c1cccc([Si](C)(C)O)c1. The van der Waals surface area contributed by atoms with Crippen LogP contribution in [0.2, 0.25) is 13.1 Å². The van der Waals surface area contributed by atoms with Crippen LogP contribution in [-0.4, -0.2) is 25.6 Å². The minimum absolute atomic E-state index is 0.0426. The van der Waals surface area contributed by atoms with Gasteiger partial charge in [-0.25, -0.2) is 0 Å². The second-order valence-corrected chi connectivity index (χ2v) is 10.3. The van der Waals surface area contributed by atoms with Crippen molar-refractivity contribution in [1.29, 1.82) is 0 Å². The Kier molecular flexibility index (Phi) is 7.12. The minimum Gasteiger partial charge on any atom is -0.428 e. The molecule has 0 bridgehead atoms. The molecule has 1 rings (SSSR count). The van der Waals surface area contributed by atoms with Crippen molar-refractivity contribution in [3.8, 4) is 0 Å². The lowest BCUT2D eigenvalue weighted by atomic mass is 10.1. The number of rotatable bonds is 8. The molecule has 0 atom stereocenters. The third-order valence-electron chi connectivity index (χ3n) is 3.58. The standard InChI is InChI=1S/C17H29NO2Si/c1-14(2)9-6-5-7-12-18-17(19)15-10-8-11-16(13-15)21(3,4)20/h8,10-11,13-14,20H,5-7,9,12H2,1-4H3,(H,18,19). The molecule has 0 aliphatic carbocycles. The van der Waals surface area contributed by atoms with Gasteiger partial charge in [0, 0.05) is 12.1 Å². The van der Waals surface area contributed by atoms with Gasteiger partial charge in [0.2, 0.25) is 8.32 Å². The predicted octanol–water partition coefficient (Wildman–Crippen LogP) is 3.04. The number of unbranched alkanes of at least 4 members (excludes halogenated alkanes) is 2. The van der Waals surface area contributed by atoms with E-state index in [1.807, 2.05) is 31.3 Å². The lowest BCUT2D eigenvalue weighted by Gasteiger charge is -2.15. The second-order valence-electron chi connectivity index (χ2n) is 6.64. The van der Waals surface area contributed by atoms with Gasteiger partial charge in [-0.15, -0.1) is 0 Å². The van der Waals surface area contributed by atoms with Crippen LogP contribution in [0, 0.1) is 5.92 Å². The predicted molar refractivity (Wildman–Crippen MR) is 91.4 cm³/mol. The van der Waals surface area contributed by atoms with Crippen molar-refractivity contribution in [1.82, 2.24) is 5.32 Å². The van der Waals surface area contributed by atoms with Crippen LogP contribution in [-0.2, 0) is 0 Å². The van der Waals surface area contributed by atoms with Crippen LogP contribution in [0.25, 0.3) is 0 Å². The van der Waals surface area contributed by atoms with Gasteiger partial charge in [-0.1, -0.05) is 45.2 Å². The summed E-state index contributed by atoms with van der Waals surface area (Å²) >= 11 is 0. The molecule has 3 nitrogen and oxygen atoms in total. The molecule has 0 aliphatic rings. The van der Waals surface area contributed by atoms with Gasteiger partial charge in [-0.05, 0) is 42.8 Å². The Bertz CT molecular complexity index is 452. The summed E-state index contributed by atoms with van der Waals surface area (Å²) in [7, 11) is -2.35. The van der Waals surface area contributed by atoms with Gasteiger partial charge in [-0.3, -0.25) is 4.79 Å². The van der Waals surface area contributed by atoms with Gasteiger partial charge in [0.25, 0.3) is 5.91 Å². The first-order chi connectivity index (χ1) is 9.80. The molecule has 2 N–H and O–H groups in total. The van der Waals surface area contributed by atoms with E-state index in [0.29, 0.717) is 5.56 Å². The van der Waals surface area contributed by atoms with Crippen molar-refractivity contribution in [2.45, 2.75) is 52.6 Å². The first-order valence-corrected chi connectivity index (χ1v) is 10.9. The van der Waals surface area contributed by atoms with Gasteiger partial charge < -0.3 is 10.1 Å². The van der Waals surface area contributed by atoms with Crippen molar-refractivity contribution in [3.05, 3.63) is 29.8 Å². The Balaban J connectivity index is 2.39. The largest absolute Gasteiger partial charge is 0.428 e. The van der Waals surface area contributed by atoms with E-state index in [1.165, 1.54) is 12.8 Å². The zero-order valence-electron chi connectivity index (χ0n) is 13.8. The summed E-state index contributed by atoms with van der Waals surface area (Å²) < 4.78 is 0. The summed E-state index contributed by atoms with van der Waals surface area (Å²) in [6, 6.07) is 7.37. The van der Waals surface area contributed by atoms with Crippen LogP contribution in [0.15, 0.2) is 24.3 Å². The fourth-order valence-electron chi connectivity index (χ4n) is 2.20. The van der Waals surface area contributed by atoms with Crippen LogP contribution in [0.3, 0.4) is 0 Å². The topological polar surface area (TPSA) is 49.3 Å². The van der Waals surface area contributed by atoms with Crippen LogP contribution in [0.5, 0.6) is 0 Å². The number of hydrogen-bond acceptors (Lipinski definition) is 2. The average Bonchev–Trinajstić information content (AvgIpc) is 2.41. The number of benzene rings is 1. The molecular weight excluding hydrogens is 278 g/mol. The molecule has 0 aliphatic heterocycles. The molecule has 1 aromatic carbocycles. The lowest BCUT2D eigenvalue weighted by Crippen LogP contribution is -2.42. The van der Waals surface area contributed by atoms with Gasteiger partial charge in [0.1, 0.15) is 0 Å². The van der Waals surface area contributed by atoms with Crippen molar-refractivity contribution in [2.75, 3.05) is 6.54 Å². The van der Waals surface area contributed by atoms with E-state index in [2.05, 4.69) is 19.2 Å². The molecule has 0 saturated carbocycles. The highest BCUT2D eigenvalue weighted by Gasteiger charge is 2.20. The lowest BCUT2D eigenvalue weighted by molar-refractivity contribution is 0.0953. The average molecular weight is 308 g/mol. The molecule has 0 fully saturated rings. The van der Waals surface area contributed by atoms with E-state index in [0.717, 1.165) is 30.5 Å². The third-order valence-corrected chi connectivity index (χ3v) is 5.30. The number of carbonyl (C=O) groups is 1. The van der Waals surface area contributed by atoms with Crippen LogP contribution in [0.1, 0.15) is 49.9 Å². The maximum atomic E-state index is 12.1. The van der Waals surface area contributed by atoms with E-state index < -0.39 is 8.32 Å². The number of nitrogens with one attached hydrogen (secondary N) is 1. The first kappa shape index (κ1) is 17.9. The number of carbonyl (C=O) groups excluding carboxylic acids is 1. The molecule has 0 spiro atoms. The van der Waals surface area contributed by atoms with E-state index >= 15 is 0 Å². The Morgan fingerprint density at radius 3 is 2.57 bits per heavy atom. The van der Waals surface area contributed by atoms with Crippen LogP contribution < -0.4 is 10.5 Å². The van der Waals surface area contributed by atoms with Gasteiger partial charge in [-0.2, -0.15) is 0 Å². The highest BCUT2D eigenvalue weighted by Crippen LogP contribution is 2.08. The summed E-state index contributed by atoms with van der Waals surface area (Å²) in [5.74, 6) is 0.715. The summed E-state index contributed by atoms with van der Waals surface area (Å²) in [6.07, 6.45) is 4.67. The fraction of sp³-hybridized carbons (Fsp3) is 0.588. The van der Waals surface area contributed by atoms with E-state index in [-0.39, 0.29) is 5.91 Å². The van der Waals surface area contributed by atoms with Gasteiger partial charge in [0.05, 0.1) is 0 Å². The Morgan fingerprint density at radius 2 is 1.95 bits per heavy atom. The molecule has 21 heavy (non-hydrogen) atoms. The Hall–Kier alpha value is -1.13. The summed E-state index contributed by atoms with van der Waals surface area (Å²) in [5.41, 5.74) is 0.643. The smallest absolute Gasteiger partial charge is 0.251 e. The summed E-state index contributed by atoms with van der Waals surface area (Å²) in [6.45, 7) is 8.92. The van der Waals surface area contributed by atoms with E-state index in [4.69, 9.17) is 0 Å². The monoisotopic (exact) mass is 307 g/mol. The van der Waals surface area contributed by atoms with Crippen molar-refractivity contribution in [2.24, 2.45) is 5.92 Å². The summed E-state index contributed by atoms with van der Waals surface area (Å²) in [5, 5.41) is 3.86. The molecule has 0 saturated heterocycles. The highest BCUT2D eigenvalue weighted by atomic mass is 28.4. The zero-order chi connectivity index (χ0) is 15.9. The van der Waals surface area contributed by atoms with Gasteiger partial charge in [0.15, 0.2) is 0 Å². The maximum absolute atomic E-state index is 12.1. The van der Waals surface area contributed by atoms with Crippen molar-refractivity contribution in [3.63, 3.8) is 0 Å². The third kappa shape index (κ3) is 6.91. The minimum atomic E-state index is -2.35.